The van der Waals surface area contributed by atoms with E-state index in [1.54, 1.807) is 24.3 Å². The number of nitrogens with one attached hydrogen (secondary N) is 1. The topological polar surface area (TPSA) is 153 Å². The summed E-state index contributed by atoms with van der Waals surface area (Å²) in [5.74, 6) is -1.13. The first kappa shape index (κ1) is 21.6. The van der Waals surface area contributed by atoms with E-state index >= 15 is 0 Å². The number of carbonyl (C=O) groups is 2. The highest BCUT2D eigenvalue weighted by atomic mass is 16.5. The average molecular weight is 425 g/mol. The summed E-state index contributed by atoms with van der Waals surface area (Å²) in [6, 6.07) is 7.60. The third-order valence-corrected chi connectivity index (χ3v) is 4.64. The summed E-state index contributed by atoms with van der Waals surface area (Å²) in [7, 11) is 1.46. The molecule has 0 radical (unpaired) electrons. The van der Waals surface area contributed by atoms with Gasteiger partial charge in [-0.1, -0.05) is 13.8 Å². The normalized spacial score (nSPS) is 10.9. The fourth-order valence-electron chi connectivity index (χ4n) is 3.22. The zero-order valence-corrected chi connectivity index (χ0v) is 17.5. The molecule has 0 saturated heterocycles. The lowest BCUT2D eigenvalue weighted by Gasteiger charge is -2.16. The molecular formula is C21H23N5O5. The number of nitrogens with two attached hydrogens (primary N) is 1. The molecule has 1 aromatic heterocycles. The van der Waals surface area contributed by atoms with Crippen molar-refractivity contribution in [1.29, 1.82) is 0 Å². The van der Waals surface area contributed by atoms with E-state index in [4.69, 9.17) is 10.5 Å². The number of nitrogens with zero attached hydrogens (tertiary/aromatic N) is 3. The van der Waals surface area contributed by atoms with Crippen molar-refractivity contribution in [1.82, 2.24) is 14.8 Å². The number of benzene rings is 2. The largest absolute Gasteiger partial charge is 0.508 e. The van der Waals surface area contributed by atoms with Crippen LogP contribution in [0.4, 0.5) is 5.69 Å². The predicted octanol–water partition coefficient (Wildman–Crippen LogP) is 2.53. The van der Waals surface area contributed by atoms with Crippen molar-refractivity contribution in [2.75, 3.05) is 12.4 Å². The summed E-state index contributed by atoms with van der Waals surface area (Å²) in [4.78, 5) is 23.6. The Balaban J connectivity index is 2.29. The molecule has 0 spiro atoms. The number of phenols is 2. The maximum Gasteiger partial charge on any atom is 0.287 e. The van der Waals surface area contributed by atoms with Crippen molar-refractivity contribution in [2.45, 2.75) is 26.7 Å². The van der Waals surface area contributed by atoms with Gasteiger partial charge >= 0.3 is 0 Å². The van der Waals surface area contributed by atoms with Crippen LogP contribution in [-0.4, -0.2) is 43.9 Å². The summed E-state index contributed by atoms with van der Waals surface area (Å²) >= 11 is 0. The van der Waals surface area contributed by atoms with Gasteiger partial charge in [0, 0.05) is 13.0 Å². The van der Waals surface area contributed by atoms with E-state index < -0.39 is 5.91 Å². The minimum Gasteiger partial charge on any atom is -0.508 e. The van der Waals surface area contributed by atoms with Crippen LogP contribution in [0.25, 0.3) is 17.1 Å². The van der Waals surface area contributed by atoms with Crippen LogP contribution < -0.4 is 15.8 Å². The molecule has 0 bridgehead atoms. The molecule has 3 aromatic rings. The molecule has 0 aliphatic carbocycles. The van der Waals surface area contributed by atoms with E-state index in [9.17, 15) is 19.8 Å². The van der Waals surface area contributed by atoms with E-state index in [1.165, 1.54) is 24.7 Å². The van der Waals surface area contributed by atoms with Crippen molar-refractivity contribution < 1.29 is 24.5 Å². The Morgan fingerprint density at radius 2 is 1.84 bits per heavy atom. The van der Waals surface area contributed by atoms with Crippen LogP contribution in [-0.2, 0) is 4.79 Å². The lowest BCUT2D eigenvalue weighted by atomic mass is 9.98. The molecule has 10 heteroatoms. The Labute approximate surface area is 178 Å². The number of aromatic nitrogens is 3. The molecule has 0 unspecified atom stereocenters. The van der Waals surface area contributed by atoms with Crippen molar-refractivity contribution >= 4 is 17.5 Å². The van der Waals surface area contributed by atoms with Gasteiger partial charge in [-0.2, -0.15) is 0 Å². The number of primary amides is 1. The predicted molar refractivity (Wildman–Crippen MR) is 114 cm³/mol. The first-order valence-electron chi connectivity index (χ1n) is 9.41. The van der Waals surface area contributed by atoms with E-state index in [1.807, 2.05) is 13.8 Å². The van der Waals surface area contributed by atoms with Gasteiger partial charge in [-0.15, -0.1) is 10.2 Å². The van der Waals surface area contributed by atoms with Crippen molar-refractivity contribution in [3.63, 3.8) is 0 Å². The van der Waals surface area contributed by atoms with Crippen LogP contribution in [0.1, 0.15) is 42.9 Å². The second-order valence-corrected chi connectivity index (χ2v) is 7.20. The number of aromatic hydroxyl groups is 2. The minimum atomic E-state index is -0.835. The smallest absolute Gasteiger partial charge is 0.287 e. The number of amides is 2. The van der Waals surface area contributed by atoms with Gasteiger partial charge < -0.3 is 26.0 Å². The standard InChI is InChI=1S/C21H23N5O5/c1-10(2)13-8-14(17(29)9-16(13)28)20-24-25-21(19(22)30)26(20)12-5-6-18(31-4)15(7-12)23-11(3)27/h5-10,28-29H,1-4H3,(H2,22,30)(H,23,27). The molecular weight excluding hydrogens is 402 g/mol. The monoisotopic (exact) mass is 425 g/mol. The summed E-state index contributed by atoms with van der Waals surface area (Å²) in [5.41, 5.74) is 7.09. The fourth-order valence-corrected chi connectivity index (χ4v) is 3.22. The molecule has 0 aliphatic heterocycles. The molecule has 0 aliphatic rings. The molecule has 3 rings (SSSR count). The summed E-state index contributed by atoms with van der Waals surface area (Å²) in [6.45, 7) is 5.13. The minimum absolute atomic E-state index is 0.0429. The second-order valence-electron chi connectivity index (χ2n) is 7.20. The molecule has 0 fully saturated rings. The van der Waals surface area contributed by atoms with Crippen molar-refractivity contribution in [3.8, 4) is 34.3 Å². The fraction of sp³-hybridized carbons (Fsp3) is 0.238. The lowest BCUT2D eigenvalue weighted by Crippen LogP contribution is -2.18. The highest BCUT2D eigenvalue weighted by Gasteiger charge is 2.24. The lowest BCUT2D eigenvalue weighted by molar-refractivity contribution is -0.114. The van der Waals surface area contributed by atoms with Crippen LogP contribution in [0.2, 0.25) is 0 Å². The maximum absolute atomic E-state index is 12.0. The quantitative estimate of drug-likeness (QED) is 0.473. The van der Waals surface area contributed by atoms with Gasteiger partial charge in [0.2, 0.25) is 11.7 Å². The van der Waals surface area contributed by atoms with Gasteiger partial charge in [0.15, 0.2) is 5.82 Å². The van der Waals surface area contributed by atoms with Crippen LogP contribution in [0.3, 0.4) is 0 Å². The van der Waals surface area contributed by atoms with Crippen LogP contribution in [0.15, 0.2) is 30.3 Å². The molecule has 10 nitrogen and oxygen atoms in total. The number of phenolic OH excluding ortho intramolecular Hbond substituents is 2. The Bertz CT molecular complexity index is 1170. The van der Waals surface area contributed by atoms with Crippen molar-refractivity contribution in [3.05, 3.63) is 41.7 Å². The Morgan fingerprint density at radius 3 is 2.42 bits per heavy atom. The Kier molecular flexibility index (Phi) is 5.82. The van der Waals surface area contributed by atoms with Gasteiger partial charge in [-0.3, -0.25) is 14.2 Å². The molecule has 0 saturated carbocycles. The highest BCUT2D eigenvalue weighted by Crippen LogP contribution is 2.38. The molecule has 0 atom stereocenters. The maximum atomic E-state index is 12.0. The first-order valence-corrected chi connectivity index (χ1v) is 9.41. The first-order chi connectivity index (χ1) is 14.6. The molecule has 5 N–H and O–H groups in total. The number of rotatable bonds is 6. The van der Waals surface area contributed by atoms with E-state index in [0.29, 0.717) is 22.7 Å². The van der Waals surface area contributed by atoms with Crippen molar-refractivity contribution in [2.24, 2.45) is 5.73 Å². The average Bonchev–Trinajstić information content (AvgIpc) is 3.12. The zero-order chi connectivity index (χ0) is 22.9. The number of anilines is 1. The third-order valence-electron chi connectivity index (χ3n) is 4.64. The van der Waals surface area contributed by atoms with Crippen LogP contribution >= 0.6 is 0 Å². The Morgan fingerprint density at radius 1 is 1.13 bits per heavy atom. The zero-order valence-electron chi connectivity index (χ0n) is 17.5. The molecule has 2 aromatic carbocycles. The Hall–Kier alpha value is -4.08. The number of hydrogen-bond donors (Lipinski definition) is 4. The van der Waals surface area contributed by atoms with Gasteiger partial charge in [0.25, 0.3) is 5.91 Å². The van der Waals surface area contributed by atoms with Gasteiger partial charge in [0.05, 0.1) is 24.0 Å². The number of hydrogen-bond acceptors (Lipinski definition) is 7. The van der Waals surface area contributed by atoms with Gasteiger partial charge in [-0.25, -0.2) is 0 Å². The molecule has 1 heterocycles. The second kappa shape index (κ2) is 8.34. The molecule has 162 valence electrons. The summed E-state index contributed by atoms with van der Waals surface area (Å²) in [5, 5.41) is 31.3. The highest BCUT2D eigenvalue weighted by molar-refractivity contribution is 5.92. The summed E-state index contributed by atoms with van der Waals surface area (Å²) < 4.78 is 6.64. The number of carbonyl (C=O) groups excluding carboxylic acids is 2. The number of ether oxygens (including phenoxy) is 1. The molecule has 31 heavy (non-hydrogen) atoms. The SMILES string of the molecule is COc1ccc(-n2c(C(N)=O)nnc2-c2cc(C(C)C)c(O)cc2O)cc1NC(C)=O. The van der Waals surface area contributed by atoms with Gasteiger partial charge in [-0.05, 0) is 35.7 Å². The third kappa shape index (κ3) is 4.13. The van der Waals surface area contributed by atoms with Crippen LogP contribution in [0.5, 0.6) is 17.2 Å². The van der Waals surface area contributed by atoms with E-state index in [0.717, 1.165) is 0 Å². The van der Waals surface area contributed by atoms with Gasteiger partial charge in [0.1, 0.15) is 17.2 Å². The van der Waals surface area contributed by atoms with E-state index in [2.05, 4.69) is 15.5 Å². The molecule has 2 amide bonds. The van der Waals surface area contributed by atoms with Crippen LogP contribution in [0, 0.1) is 0 Å². The number of methoxy groups -OCH3 is 1. The van der Waals surface area contributed by atoms with E-state index in [-0.39, 0.29) is 40.5 Å². The summed E-state index contributed by atoms with van der Waals surface area (Å²) in [6.07, 6.45) is 0.